The van der Waals surface area contributed by atoms with E-state index in [-0.39, 0.29) is 0 Å². The van der Waals surface area contributed by atoms with Crippen LogP contribution in [-0.4, -0.2) is 21.0 Å². The lowest BCUT2D eigenvalue weighted by atomic mass is 9.91. The Kier molecular flexibility index (Phi) is 9.13. The molecule has 1 aromatic rings. The van der Waals surface area contributed by atoms with E-state index in [1.165, 1.54) is 109 Å². The van der Waals surface area contributed by atoms with E-state index >= 15 is 0 Å². The van der Waals surface area contributed by atoms with Gasteiger partial charge in [-0.3, -0.25) is 0 Å². The van der Waals surface area contributed by atoms with Crippen molar-refractivity contribution in [3.8, 4) is 0 Å². The summed E-state index contributed by atoms with van der Waals surface area (Å²) in [6.45, 7) is 0. The second-order valence-electron chi connectivity index (χ2n) is 8.58. The van der Waals surface area contributed by atoms with Crippen LogP contribution in [0.5, 0.6) is 0 Å². The Morgan fingerprint density at radius 1 is 0.593 bits per heavy atom. The summed E-state index contributed by atoms with van der Waals surface area (Å²) >= 11 is 6.30. The van der Waals surface area contributed by atoms with Gasteiger partial charge in [0.25, 0.3) is 0 Å². The fourth-order valence-corrected chi connectivity index (χ4v) is 4.81. The molecule has 1 heterocycles. The molecule has 1 N–H and O–H groups in total. The van der Waals surface area contributed by atoms with Gasteiger partial charge in [0.2, 0.25) is 11.2 Å². The average molecular weight is 393 g/mol. The quantitative estimate of drug-likeness (QED) is 0.598. The molecular weight excluding hydrogens is 356 g/mol. The number of nitrogens with one attached hydrogen (secondary N) is 1. The van der Waals surface area contributed by atoms with Gasteiger partial charge in [-0.15, -0.1) is 0 Å². The summed E-state index contributed by atoms with van der Waals surface area (Å²) in [5.74, 6) is 2.05. The van der Waals surface area contributed by atoms with Crippen molar-refractivity contribution in [3.05, 3.63) is 11.1 Å². The summed E-state index contributed by atoms with van der Waals surface area (Å²) in [6.07, 6.45) is 22.2. The van der Waals surface area contributed by atoms with Gasteiger partial charge in [0.05, 0.1) is 0 Å². The van der Waals surface area contributed by atoms with Gasteiger partial charge < -0.3 is 5.32 Å². The molecule has 3 rings (SSSR count). The van der Waals surface area contributed by atoms with E-state index in [2.05, 4.69) is 15.3 Å². The Labute approximate surface area is 170 Å². The smallest absolute Gasteiger partial charge is 0.227 e. The topological polar surface area (TPSA) is 50.7 Å². The SMILES string of the molecule is Clc1nc(NC2CCCCCCCC2)nc(C2CCCCCCCCC2)n1. The van der Waals surface area contributed by atoms with Gasteiger partial charge in [-0.25, -0.2) is 4.98 Å². The zero-order valence-corrected chi connectivity index (χ0v) is 17.7. The van der Waals surface area contributed by atoms with Crippen LogP contribution < -0.4 is 5.32 Å². The molecule has 2 aliphatic carbocycles. The summed E-state index contributed by atoms with van der Waals surface area (Å²) in [4.78, 5) is 13.8. The van der Waals surface area contributed by atoms with E-state index in [4.69, 9.17) is 16.6 Å². The van der Waals surface area contributed by atoms with E-state index in [0.717, 1.165) is 5.82 Å². The summed E-state index contributed by atoms with van der Waals surface area (Å²) in [5.41, 5.74) is 0. The molecule has 0 radical (unpaired) electrons. The monoisotopic (exact) mass is 392 g/mol. The summed E-state index contributed by atoms with van der Waals surface area (Å²) in [5, 5.41) is 3.95. The number of hydrogen-bond donors (Lipinski definition) is 1. The van der Waals surface area contributed by atoms with Gasteiger partial charge in [-0.1, -0.05) is 83.5 Å². The standard InChI is InChI=1S/C22H37ClN4/c23-21-25-20(18-14-10-6-2-1-3-7-11-15-18)26-22(27-21)24-19-16-12-8-4-5-9-13-17-19/h18-19H,1-17H2,(H,24,25,26,27). The van der Waals surface area contributed by atoms with Crippen LogP contribution in [0.3, 0.4) is 0 Å². The highest BCUT2D eigenvalue weighted by molar-refractivity contribution is 6.28. The van der Waals surface area contributed by atoms with Crippen LogP contribution in [-0.2, 0) is 0 Å². The van der Waals surface area contributed by atoms with Crippen LogP contribution in [0.2, 0.25) is 5.28 Å². The molecule has 0 aliphatic heterocycles. The fourth-order valence-electron chi connectivity index (χ4n) is 4.64. The second-order valence-corrected chi connectivity index (χ2v) is 8.91. The maximum absolute atomic E-state index is 6.30. The molecule has 2 fully saturated rings. The fraction of sp³-hybridized carbons (Fsp3) is 0.864. The van der Waals surface area contributed by atoms with Gasteiger partial charge in [0.1, 0.15) is 5.82 Å². The van der Waals surface area contributed by atoms with Crippen molar-refractivity contribution in [2.45, 2.75) is 121 Å². The van der Waals surface area contributed by atoms with Crippen molar-refractivity contribution >= 4 is 17.5 Å². The molecule has 27 heavy (non-hydrogen) atoms. The van der Waals surface area contributed by atoms with Crippen molar-refractivity contribution in [1.29, 1.82) is 0 Å². The number of hydrogen-bond acceptors (Lipinski definition) is 4. The predicted octanol–water partition coefficient (Wildman–Crippen LogP) is 7.05. The van der Waals surface area contributed by atoms with Crippen molar-refractivity contribution in [2.75, 3.05) is 5.32 Å². The first-order chi connectivity index (χ1) is 13.3. The summed E-state index contributed by atoms with van der Waals surface area (Å²) in [7, 11) is 0. The lowest BCUT2D eigenvalue weighted by molar-refractivity contribution is 0.449. The molecule has 2 saturated carbocycles. The van der Waals surface area contributed by atoms with Crippen LogP contribution in [0.1, 0.15) is 121 Å². The third-order valence-electron chi connectivity index (χ3n) is 6.28. The van der Waals surface area contributed by atoms with Gasteiger partial charge in [0, 0.05) is 12.0 Å². The largest absolute Gasteiger partial charge is 0.351 e. The van der Waals surface area contributed by atoms with E-state index in [0.29, 0.717) is 23.2 Å². The summed E-state index contributed by atoms with van der Waals surface area (Å²) < 4.78 is 0. The Bertz CT molecular complexity index is 531. The molecule has 4 nitrogen and oxygen atoms in total. The lowest BCUT2D eigenvalue weighted by Crippen LogP contribution is -2.22. The highest BCUT2D eigenvalue weighted by Gasteiger charge is 2.19. The first-order valence-electron chi connectivity index (χ1n) is 11.5. The number of anilines is 1. The zero-order valence-electron chi connectivity index (χ0n) is 16.9. The second kappa shape index (κ2) is 11.8. The number of nitrogens with zero attached hydrogens (tertiary/aromatic N) is 3. The molecule has 0 saturated heterocycles. The zero-order chi connectivity index (χ0) is 18.7. The number of rotatable bonds is 3. The van der Waals surface area contributed by atoms with Crippen LogP contribution >= 0.6 is 11.6 Å². The number of halogens is 1. The van der Waals surface area contributed by atoms with Crippen LogP contribution in [0.25, 0.3) is 0 Å². The average Bonchev–Trinajstić information content (AvgIpc) is 2.79. The van der Waals surface area contributed by atoms with Gasteiger partial charge in [-0.2, -0.15) is 9.97 Å². The number of aromatic nitrogens is 3. The third kappa shape index (κ3) is 7.56. The van der Waals surface area contributed by atoms with Crippen LogP contribution in [0.15, 0.2) is 0 Å². The first kappa shape index (κ1) is 20.8. The third-order valence-corrected chi connectivity index (χ3v) is 6.45. The minimum atomic E-state index is 0.350. The van der Waals surface area contributed by atoms with E-state index in [9.17, 15) is 0 Å². The Hall–Kier alpha value is -0.900. The molecule has 1 aromatic heterocycles. The molecule has 5 heteroatoms. The van der Waals surface area contributed by atoms with Gasteiger partial charge in [0.15, 0.2) is 0 Å². The Balaban J connectivity index is 1.66. The molecule has 0 unspecified atom stereocenters. The van der Waals surface area contributed by atoms with Crippen LogP contribution in [0.4, 0.5) is 5.95 Å². The van der Waals surface area contributed by atoms with Crippen LogP contribution in [0, 0.1) is 0 Å². The highest BCUT2D eigenvalue weighted by atomic mass is 35.5. The van der Waals surface area contributed by atoms with E-state index < -0.39 is 0 Å². The molecule has 0 bridgehead atoms. The molecule has 2 aliphatic rings. The molecule has 0 atom stereocenters. The first-order valence-corrected chi connectivity index (χ1v) is 11.9. The van der Waals surface area contributed by atoms with Gasteiger partial charge >= 0.3 is 0 Å². The predicted molar refractivity (Wildman–Crippen MR) is 113 cm³/mol. The van der Waals surface area contributed by atoms with Crippen molar-refractivity contribution in [1.82, 2.24) is 15.0 Å². The Morgan fingerprint density at radius 3 is 1.63 bits per heavy atom. The van der Waals surface area contributed by atoms with Crippen molar-refractivity contribution < 1.29 is 0 Å². The normalized spacial score (nSPS) is 22.4. The molecule has 0 amide bonds. The molecule has 0 aromatic carbocycles. The highest BCUT2D eigenvalue weighted by Crippen LogP contribution is 2.29. The maximum Gasteiger partial charge on any atom is 0.227 e. The summed E-state index contributed by atoms with van der Waals surface area (Å²) in [6, 6.07) is 0.471. The molecular formula is C22H37ClN4. The van der Waals surface area contributed by atoms with Crippen molar-refractivity contribution in [3.63, 3.8) is 0 Å². The van der Waals surface area contributed by atoms with Crippen molar-refractivity contribution in [2.24, 2.45) is 0 Å². The van der Waals surface area contributed by atoms with E-state index in [1.807, 2.05) is 0 Å². The van der Waals surface area contributed by atoms with Gasteiger partial charge in [-0.05, 0) is 37.3 Å². The lowest BCUT2D eigenvalue weighted by Gasteiger charge is -2.20. The minimum Gasteiger partial charge on any atom is -0.351 e. The molecule has 152 valence electrons. The maximum atomic E-state index is 6.30. The van der Waals surface area contributed by atoms with E-state index in [1.54, 1.807) is 0 Å². The molecule has 0 spiro atoms. The Morgan fingerprint density at radius 2 is 1.07 bits per heavy atom. The minimum absolute atomic E-state index is 0.350.